The summed E-state index contributed by atoms with van der Waals surface area (Å²) in [6.07, 6.45) is 0. The van der Waals surface area contributed by atoms with E-state index in [2.05, 4.69) is 9.73 Å². The third kappa shape index (κ3) is 1.90. The van der Waals surface area contributed by atoms with Crippen LogP contribution in [0.3, 0.4) is 0 Å². The summed E-state index contributed by atoms with van der Waals surface area (Å²) >= 11 is 1.48. The van der Waals surface area contributed by atoms with Crippen LogP contribution in [0.1, 0.15) is 5.56 Å². The molecule has 0 bridgehead atoms. The van der Waals surface area contributed by atoms with Crippen molar-refractivity contribution < 1.29 is 14.6 Å². The monoisotopic (exact) mass is 237 g/mol. The first-order valence-electron chi connectivity index (χ1n) is 4.74. The van der Waals surface area contributed by atoms with Crippen LogP contribution in [0.5, 0.6) is 5.75 Å². The zero-order valence-corrected chi connectivity index (χ0v) is 9.80. The molecule has 16 heavy (non-hydrogen) atoms. The van der Waals surface area contributed by atoms with Crippen molar-refractivity contribution in [3.8, 4) is 5.75 Å². The van der Waals surface area contributed by atoms with E-state index in [1.165, 1.54) is 18.9 Å². The molecule has 0 atom stereocenters. The van der Waals surface area contributed by atoms with Crippen LogP contribution in [0, 0.1) is 6.92 Å². The molecule has 1 aliphatic rings. The molecule has 0 radical (unpaired) electrons. The number of ether oxygens (including phenoxy) is 1. The number of fused-ring (bicyclic) bond motifs is 1. The van der Waals surface area contributed by atoms with Gasteiger partial charge >= 0.3 is 5.97 Å². The Morgan fingerprint density at radius 2 is 2.31 bits per heavy atom. The summed E-state index contributed by atoms with van der Waals surface area (Å²) in [5, 5.41) is 9.74. The summed E-state index contributed by atoms with van der Waals surface area (Å²) < 4.78 is 4.60. The van der Waals surface area contributed by atoms with Gasteiger partial charge in [0, 0.05) is 10.6 Å². The predicted molar refractivity (Wildman–Crippen MR) is 62.7 cm³/mol. The van der Waals surface area contributed by atoms with Gasteiger partial charge in [-0.2, -0.15) is 0 Å². The molecule has 4 nitrogen and oxygen atoms in total. The van der Waals surface area contributed by atoms with Gasteiger partial charge in [-0.15, -0.1) is 11.8 Å². The summed E-state index contributed by atoms with van der Waals surface area (Å²) in [4.78, 5) is 16.3. The third-order valence-electron chi connectivity index (χ3n) is 2.23. The van der Waals surface area contributed by atoms with Crippen LogP contribution in [-0.4, -0.2) is 29.7 Å². The van der Waals surface area contributed by atoms with Crippen molar-refractivity contribution in [3.63, 3.8) is 0 Å². The molecule has 0 unspecified atom stereocenters. The van der Waals surface area contributed by atoms with Crippen LogP contribution in [0.15, 0.2) is 22.0 Å². The number of hydrogen-bond donors (Lipinski definition) is 1. The molecule has 0 aromatic heterocycles. The topological polar surface area (TPSA) is 58.9 Å². The molecule has 1 N–H and O–H groups in total. The second-order valence-electron chi connectivity index (χ2n) is 3.47. The summed E-state index contributed by atoms with van der Waals surface area (Å²) in [5.74, 6) is 0.129. The van der Waals surface area contributed by atoms with Crippen molar-refractivity contribution in [2.45, 2.75) is 11.8 Å². The van der Waals surface area contributed by atoms with Crippen molar-refractivity contribution in [1.82, 2.24) is 0 Å². The number of phenolic OH excluding ortho intramolecular Hbond substituents is 1. The minimum Gasteiger partial charge on any atom is -0.506 e. The number of carbonyl (C=O) groups excluding carboxylic acids is 1. The molecule has 1 aromatic rings. The largest absolute Gasteiger partial charge is 0.506 e. The highest BCUT2D eigenvalue weighted by Gasteiger charge is 2.21. The summed E-state index contributed by atoms with van der Waals surface area (Å²) in [6.45, 7) is 1.90. The van der Waals surface area contributed by atoms with Crippen LogP contribution >= 0.6 is 11.8 Å². The minimum absolute atomic E-state index is 0.101. The first kappa shape index (κ1) is 11.0. The van der Waals surface area contributed by atoms with Gasteiger partial charge in [0.15, 0.2) is 0 Å². The highest BCUT2D eigenvalue weighted by atomic mass is 32.2. The zero-order valence-electron chi connectivity index (χ0n) is 8.98. The number of nitrogens with zero attached hydrogens (tertiary/aromatic N) is 1. The minimum atomic E-state index is -0.446. The number of aryl methyl sites for hydroxylation is 1. The highest BCUT2D eigenvalue weighted by molar-refractivity contribution is 8.00. The van der Waals surface area contributed by atoms with E-state index in [1.54, 1.807) is 6.07 Å². The van der Waals surface area contributed by atoms with E-state index in [1.807, 2.05) is 13.0 Å². The van der Waals surface area contributed by atoms with E-state index >= 15 is 0 Å². The Morgan fingerprint density at radius 1 is 1.56 bits per heavy atom. The molecule has 0 saturated carbocycles. The molecule has 1 aliphatic heterocycles. The fourth-order valence-corrected chi connectivity index (χ4v) is 2.52. The van der Waals surface area contributed by atoms with Gasteiger partial charge < -0.3 is 9.84 Å². The average Bonchev–Trinajstić information content (AvgIpc) is 2.27. The predicted octanol–water partition coefficient (Wildman–Crippen LogP) is 2.05. The third-order valence-corrected chi connectivity index (χ3v) is 3.27. The number of phenols is 1. The molecule has 0 amide bonds. The fraction of sp³-hybridized carbons (Fsp3) is 0.273. The van der Waals surface area contributed by atoms with E-state index in [0.29, 0.717) is 17.2 Å². The number of hydrogen-bond acceptors (Lipinski definition) is 5. The number of aromatic hydroxyl groups is 1. The molecule has 0 spiro atoms. The number of esters is 1. The molecule has 1 aromatic carbocycles. The van der Waals surface area contributed by atoms with Gasteiger partial charge in [0.1, 0.15) is 17.1 Å². The van der Waals surface area contributed by atoms with E-state index in [0.717, 1.165) is 10.5 Å². The van der Waals surface area contributed by atoms with Gasteiger partial charge in [0.05, 0.1) is 7.11 Å². The maximum atomic E-state index is 11.3. The van der Waals surface area contributed by atoms with Crippen molar-refractivity contribution in [2.24, 2.45) is 4.99 Å². The molecule has 0 saturated heterocycles. The molecular formula is C11H11NO3S. The number of methoxy groups -OCH3 is 1. The molecular weight excluding hydrogens is 226 g/mol. The van der Waals surface area contributed by atoms with E-state index in [9.17, 15) is 9.90 Å². The van der Waals surface area contributed by atoms with Crippen LogP contribution in [0.2, 0.25) is 0 Å². The number of carbonyl (C=O) groups is 1. The number of aliphatic imine (C=N–C) groups is 1. The van der Waals surface area contributed by atoms with E-state index < -0.39 is 5.97 Å². The smallest absolute Gasteiger partial charge is 0.353 e. The summed E-state index contributed by atoms with van der Waals surface area (Å²) in [5.41, 5.74) is 1.77. The van der Waals surface area contributed by atoms with Crippen molar-refractivity contribution in [1.29, 1.82) is 0 Å². The van der Waals surface area contributed by atoms with Gasteiger partial charge in [0.25, 0.3) is 0 Å². The molecule has 5 heteroatoms. The maximum Gasteiger partial charge on any atom is 0.353 e. The highest BCUT2D eigenvalue weighted by Crippen LogP contribution is 2.41. The Bertz CT molecular complexity index is 482. The summed E-state index contributed by atoms with van der Waals surface area (Å²) in [6, 6.07) is 3.57. The lowest BCUT2D eigenvalue weighted by Crippen LogP contribution is -2.19. The Kier molecular flexibility index (Phi) is 2.87. The standard InChI is InChI=1S/C11H11NO3S/c1-6-3-8(13)10-9(4-6)16-5-7(12-10)11(14)15-2/h3-4,13H,5H2,1-2H3. The number of rotatable bonds is 1. The van der Waals surface area contributed by atoms with E-state index in [4.69, 9.17) is 0 Å². The van der Waals surface area contributed by atoms with Gasteiger partial charge in [-0.1, -0.05) is 0 Å². The van der Waals surface area contributed by atoms with E-state index in [-0.39, 0.29) is 5.75 Å². The van der Waals surface area contributed by atoms with Crippen LogP contribution in [0.4, 0.5) is 5.69 Å². The van der Waals surface area contributed by atoms with Crippen molar-refractivity contribution in [2.75, 3.05) is 12.9 Å². The quantitative estimate of drug-likeness (QED) is 0.759. The maximum absolute atomic E-state index is 11.3. The van der Waals surface area contributed by atoms with Crippen LogP contribution in [0.25, 0.3) is 0 Å². The Balaban J connectivity index is 2.47. The summed E-state index contributed by atoms with van der Waals surface area (Å²) in [7, 11) is 1.32. The lowest BCUT2D eigenvalue weighted by molar-refractivity contribution is -0.132. The lowest BCUT2D eigenvalue weighted by Gasteiger charge is -2.15. The first-order chi connectivity index (χ1) is 7.61. The van der Waals surface area contributed by atoms with Gasteiger partial charge in [-0.05, 0) is 24.6 Å². The second kappa shape index (κ2) is 4.17. The number of thioether (sulfide) groups is 1. The average molecular weight is 237 g/mol. The molecule has 0 aliphatic carbocycles. The second-order valence-corrected chi connectivity index (χ2v) is 4.49. The van der Waals surface area contributed by atoms with Crippen molar-refractivity contribution in [3.05, 3.63) is 17.7 Å². The molecule has 1 heterocycles. The van der Waals surface area contributed by atoms with Crippen LogP contribution in [-0.2, 0) is 9.53 Å². The van der Waals surface area contributed by atoms with Gasteiger partial charge in [-0.3, -0.25) is 0 Å². The lowest BCUT2D eigenvalue weighted by atomic mass is 10.2. The van der Waals surface area contributed by atoms with Crippen molar-refractivity contribution >= 4 is 29.1 Å². The normalized spacial score (nSPS) is 14.0. The fourth-order valence-electron chi connectivity index (χ4n) is 1.49. The Labute approximate surface area is 97.3 Å². The zero-order chi connectivity index (χ0) is 11.7. The number of benzene rings is 1. The van der Waals surface area contributed by atoms with Crippen LogP contribution < -0.4 is 0 Å². The molecule has 84 valence electrons. The molecule has 2 rings (SSSR count). The Morgan fingerprint density at radius 3 is 3.00 bits per heavy atom. The van der Waals surface area contributed by atoms with Gasteiger partial charge in [0.2, 0.25) is 0 Å². The SMILES string of the molecule is COC(=O)C1=Nc2c(O)cc(C)cc2SC1. The Hall–Kier alpha value is -1.49. The first-order valence-corrected chi connectivity index (χ1v) is 5.72. The molecule has 0 fully saturated rings. The van der Waals surface area contributed by atoms with Gasteiger partial charge in [-0.25, -0.2) is 9.79 Å².